The molecule has 7 heterocycles. The third kappa shape index (κ3) is 5.54. The Morgan fingerprint density at radius 1 is 0.802 bits per heavy atom. The lowest BCUT2D eigenvalue weighted by molar-refractivity contribution is -0.284. The molecule has 0 radical (unpaired) electrons. The highest BCUT2D eigenvalue weighted by Gasteiger charge is 2.94. The quantitative estimate of drug-likeness (QED) is 0.175. The number of nitrogens with two attached hydrogens (primary N) is 1. The number of hydrogen-bond acceptors (Lipinski definition) is 8. The van der Waals surface area contributed by atoms with E-state index in [1.165, 1.54) is 147 Å². The molecule has 428 valence electrons. The van der Waals surface area contributed by atoms with Crippen LogP contribution >= 0.6 is 0 Å². The molecule has 10 fully saturated rings. The molecule has 7 saturated carbocycles. The second-order valence-corrected chi connectivity index (χ2v) is 32.1. The third-order valence-electron chi connectivity index (χ3n) is 30.4. The Morgan fingerprint density at radius 2 is 1.67 bits per heavy atom. The van der Waals surface area contributed by atoms with Crippen LogP contribution in [0, 0.1) is 104 Å². The van der Waals surface area contributed by atoms with E-state index in [2.05, 4.69) is 52.8 Å². The van der Waals surface area contributed by atoms with Crippen LogP contribution in [0.4, 0.5) is 0 Å². The van der Waals surface area contributed by atoms with E-state index >= 15 is 9.59 Å². The number of aliphatic hydroxyl groups excluding tert-OH is 1. The molecular weight excluding hydrogens is 999 g/mol. The van der Waals surface area contributed by atoms with E-state index in [1.807, 2.05) is 0 Å². The first-order valence-corrected chi connectivity index (χ1v) is 34.4. The van der Waals surface area contributed by atoms with Gasteiger partial charge in [0.2, 0.25) is 0 Å². The van der Waals surface area contributed by atoms with Gasteiger partial charge in [-0.15, -0.1) is 5.92 Å². The van der Waals surface area contributed by atoms with Crippen molar-refractivity contribution in [2.75, 3.05) is 19.6 Å². The molecule has 8 nitrogen and oxygen atoms in total. The number of allylic oxidation sites excluding steroid dienone is 4. The molecule has 0 aromatic heterocycles. The summed E-state index contributed by atoms with van der Waals surface area (Å²) < 4.78 is 15.1. The Balaban J connectivity index is 0.897. The summed E-state index contributed by atoms with van der Waals surface area (Å²) in [5.41, 5.74) is 14.8. The summed E-state index contributed by atoms with van der Waals surface area (Å²) >= 11 is 0. The molecule has 81 heavy (non-hydrogen) atoms. The van der Waals surface area contributed by atoms with Gasteiger partial charge in [-0.25, -0.2) is 4.79 Å². The molecule has 7 spiro atoms. The van der Waals surface area contributed by atoms with E-state index < -0.39 is 16.4 Å². The van der Waals surface area contributed by atoms with Crippen LogP contribution in [0.2, 0.25) is 0 Å². The lowest BCUT2D eigenvalue weighted by Crippen LogP contribution is -2.78. The first-order chi connectivity index (χ1) is 39.6. The first-order valence-electron chi connectivity index (χ1n) is 34.4. The molecule has 12 bridgehead atoms. The summed E-state index contributed by atoms with van der Waals surface area (Å²) in [4.78, 5) is 38.9. The minimum Gasteiger partial charge on any atom is -0.509 e. The maximum atomic E-state index is 17.1. The second-order valence-electron chi connectivity index (χ2n) is 32.1. The van der Waals surface area contributed by atoms with Crippen molar-refractivity contribution in [1.29, 1.82) is 0 Å². The summed E-state index contributed by atoms with van der Waals surface area (Å²) in [7, 11) is 0. The number of rotatable bonds is 4. The summed E-state index contributed by atoms with van der Waals surface area (Å²) in [6.45, 7) is 5.40. The Bertz CT molecular complexity index is 3190. The van der Waals surface area contributed by atoms with Crippen molar-refractivity contribution in [2.24, 2.45) is 97.4 Å². The summed E-state index contributed by atoms with van der Waals surface area (Å²) in [6, 6.07) is 7.49. The van der Waals surface area contributed by atoms with Gasteiger partial charge in [0.05, 0.1) is 11.0 Å². The Labute approximate surface area is 482 Å². The van der Waals surface area contributed by atoms with Gasteiger partial charge in [-0.05, 0) is 216 Å². The highest BCUT2D eigenvalue weighted by atomic mass is 16.6. The van der Waals surface area contributed by atoms with Crippen LogP contribution < -0.4 is 5.73 Å². The standard InChI is InChI=1S/C73H91N3O5/c1-42-32-46-20-21-56-48-34-49-41-76(56)63(46)62-52-23-30-71-64(58(77)36-57-50-37-67(24-5-6-25-67)70(38-50)28-11-27-69(70)26-9-17-51(69)16-8-19-55(49)75(57)40-48)80-66(79)72(71)59(73(71)54-18-7-14-44(15-10-31-74)60(54)65(78)81-73)35-47(43-12-3-2-4-13-43)33-45-22-29-68(42,62)39-53(45)61(52)72/h7,14,18,33,42-43,47-51,53,55-57,59,62,77H,2-6,9-13,15,17,19-32,34-41,74H2,1H3/b45-33?,64-58+/t42-,47+,48+,49+,50-,51-,53+,55+,56-,57+,59-,62+,68+,69-,70-,71+,72+,73+/m0/s1. The minimum absolute atomic E-state index is 0.106. The number of esters is 2. The maximum absolute atomic E-state index is 17.1. The van der Waals surface area contributed by atoms with E-state index in [0.29, 0.717) is 101 Å². The highest BCUT2D eigenvalue weighted by molar-refractivity contribution is 6.00. The molecule has 1 aromatic carbocycles. The zero-order chi connectivity index (χ0) is 53.8. The number of nitrogens with zero attached hydrogens (tertiary/aromatic N) is 2. The largest absolute Gasteiger partial charge is 0.509 e. The number of aliphatic hydroxyl groups is 1. The Kier molecular flexibility index (Phi) is 10.1. The fourth-order valence-corrected chi connectivity index (χ4v) is 28.2. The van der Waals surface area contributed by atoms with Crippen LogP contribution in [-0.4, -0.2) is 64.6 Å². The molecule has 0 unspecified atom stereocenters. The topological polar surface area (TPSA) is 105 Å². The van der Waals surface area contributed by atoms with E-state index in [-0.39, 0.29) is 52.5 Å². The molecule has 7 aliphatic heterocycles. The van der Waals surface area contributed by atoms with Gasteiger partial charge >= 0.3 is 11.9 Å². The number of benzene rings is 1. The molecular formula is C73H91N3O5. The Hall–Kier alpha value is -3.80. The van der Waals surface area contributed by atoms with Crippen LogP contribution in [0.3, 0.4) is 0 Å². The van der Waals surface area contributed by atoms with Gasteiger partial charge in [0.1, 0.15) is 11.2 Å². The predicted octanol–water partition coefficient (Wildman–Crippen LogP) is 14.1. The molecule has 0 amide bonds. The molecule has 18 atom stereocenters. The normalized spacial score (nSPS) is 49.6. The van der Waals surface area contributed by atoms with Crippen LogP contribution in [0.5, 0.6) is 0 Å². The summed E-state index contributed by atoms with van der Waals surface area (Å²) in [6.07, 6.45) is 38.6. The molecule has 19 rings (SSSR count). The fraction of sp³-hybridized carbons (Fsp3) is 0.753. The van der Waals surface area contributed by atoms with E-state index in [4.69, 9.17) is 15.2 Å². The van der Waals surface area contributed by atoms with Gasteiger partial charge in [-0.2, -0.15) is 0 Å². The van der Waals surface area contributed by atoms with E-state index in [1.54, 1.807) is 22.4 Å². The SMILES string of the molecule is C[C@H]1CC2=C3[C@H]4C5=C6[C@@H]7C[C@@]41CCC7=C[C@@H](C1CCCCC1)C[C@H]1[C@]64C(=O)O/C(=C(/O)C[C@@H]6[C@H]7CC8(CCCC8)[C@]8(CCC[C@]89CCC[C@@H]9C#CC[C@@H]8[C@@H]9C[C@H](CN86)[C@H](CC2)N3C9)C7)[C@@]4(CC5)[C@]12OC(=O)c1c(CCCN)cccc12. The number of ether oxygens (including phenoxy) is 2. The average molecular weight is 1090 g/mol. The van der Waals surface area contributed by atoms with Gasteiger partial charge < -0.3 is 25.2 Å². The van der Waals surface area contributed by atoms with Crippen molar-refractivity contribution < 1.29 is 24.2 Å². The molecule has 3 saturated heterocycles. The van der Waals surface area contributed by atoms with Crippen LogP contribution in [0.25, 0.3) is 0 Å². The average Bonchev–Trinajstić information content (AvgIpc) is 1.57. The smallest absolute Gasteiger partial charge is 0.339 e. The Morgan fingerprint density at radius 3 is 2.54 bits per heavy atom. The molecule has 3 N–H and O–H groups in total. The lowest BCUT2D eigenvalue weighted by Gasteiger charge is -2.74. The number of carbonyl (C=O) groups excluding carboxylic acids is 2. The number of piperidine rings is 2. The van der Waals surface area contributed by atoms with Crippen molar-refractivity contribution in [1.82, 2.24) is 9.80 Å². The van der Waals surface area contributed by atoms with Gasteiger partial charge in [0.15, 0.2) is 11.4 Å². The fourth-order valence-electron chi connectivity index (χ4n) is 28.2. The summed E-state index contributed by atoms with van der Waals surface area (Å²) in [5, 5.41) is 14.4. The van der Waals surface area contributed by atoms with Crippen molar-refractivity contribution in [3.63, 3.8) is 0 Å². The second kappa shape index (κ2) is 16.6. The number of carbonyl (C=O) groups is 2. The van der Waals surface area contributed by atoms with Gasteiger partial charge in [0, 0.05) is 79.0 Å². The van der Waals surface area contributed by atoms with E-state index in [9.17, 15) is 5.11 Å². The number of fused-ring (bicyclic) bond motifs is 8. The number of aryl methyl sites for hydroxylation is 1. The molecule has 8 heteroatoms. The maximum Gasteiger partial charge on any atom is 0.339 e. The van der Waals surface area contributed by atoms with E-state index in [0.717, 1.165) is 62.7 Å². The van der Waals surface area contributed by atoms with Gasteiger partial charge in [-0.3, -0.25) is 9.69 Å². The summed E-state index contributed by atoms with van der Waals surface area (Å²) in [5.74, 6) is 12.4. The predicted molar refractivity (Wildman–Crippen MR) is 310 cm³/mol. The molecule has 1 aromatic rings. The molecule has 11 aliphatic carbocycles. The van der Waals surface area contributed by atoms with Crippen LogP contribution in [-0.2, 0) is 26.3 Å². The van der Waals surface area contributed by atoms with Gasteiger partial charge in [-0.1, -0.05) is 98.8 Å². The third-order valence-corrected chi connectivity index (χ3v) is 30.4. The number of hydrogen-bond donors (Lipinski definition) is 2. The zero-order valence-electron chi connectivity index (χ0n) is 48.9. The van der Waals surface area contributed by atoms with Crippen molar-refractivity contribution >= 4 is 11.9 Å². The van der Waals surface area contributed by atoms with Crippen molar-refractivity contribution in [2.45, 2.75) is 230 Å². The van der Waals surface area contributed by atoms with Crippen LogP contribution in [0.1, 0.15) is 221 Å². The minimum atomic E-state index is -1.16. The lowest BCUT2D eigenvalue weighted by atomic mass is 9.26. The van der Waals surface area contributed by atoms with Crippen molar-refractivity contribution in [3.05, 3.63) is 80.5 Å². The van der Waals surface area contributed by atoms with Crippen LogP contribution in [0.15, 0.2) is 63.8 Å². The van der Waals surface area contributed by atoms with Crippen molar-refractivity contribution in [3.8, 4) is 11.8 Å². The first kappa shape index (κ1) is 49.5. The molecule has 18 aliphatic rings. The monoisotopic (exact) mass is 1090 g/mol. The van der Waals surface area contributed by atoms with Gasteiger partial charge in [0.25, 0.3) is 0 Å². The zero-order valence-corrected chi connectivity index (χ0v) is 48.9. The highest BCUT2D eigenvalue weighted by Crippen LogP contribution is 2.90.